The van der Waals surface area contributed by atoms with Crippen molar-refractivity contribution in [1.82, 2.24) is 0 Å². The first-order valence-electron chi connectivity index (χ1n) is 12.6. The first-order chi connectivity index (χ1) is 13.8. The number of carbonyl (C=O) groups is 1. The van der Waals surface area contributed by atoms with E-state index < -0.39 is 5.97 Å². The van der Waals surface area contributed by atoms with Crippen molar-refractivity contribution in [3.63, 3.8) is 0 Å². The van der Waals surface area contributed by atoms with Crippen LogP contribution in [-0.4, -0.2) is 24.3 Å². The molecule has 166 valence electrons. The van der Waals surface area contributed by atoms with E-state index in [2.05, 4.69) is 0 Å². The molecule has 1 saturated heterocycles. The van der Waals surface area contributed by atoms with Crippen LogP contribution in [-0.2, 0) is 9.53 Å². The predicted octanol–water partition coefficient (Wildman–Crippen LogP) is 7.91. The molecule has 1 N–H and O–H groups in total. The standard InChI is InChI=1S/C25H48O3/c26-25(27)21-19-17-15-13-11-9-7-5-3-1-2-4-6-8-10-12-14-16-18-20-24-22-28-23-24/h24H,1-23H2,(H,26,27). The molecule has 0 saturated carbocycles. The summed E-state index contributed by atoms with van der Waals surface area (Å²) in [5.74, 6) is 0.239. The Morgan fingerprint density at radius 1 is 0.571 bits per heavy atom. The molecule has 28 heavy (non-hydrogen) atoms. The molecular formula is C25H48O3. The maximum Gasteiger partial charge on any atom is 0.303 e. The van der Waals surface area contributed by atoms with Gasteiger partial charge >= 0.3 is 5.97 Å². The molecule has 3 heteroatoms. The van der Waals surface area contributed by atoms with Crippen LogP contribution in [0.25, 0.3) is 0 Å². The number of aliphatic carboxylic acids is 1. The fraction of sp³-hybridized carbons (Fsp3) is 0.960. The normalized spacial score (nSPS) is 14.3. The zero-order chi connectivity index (χ0) is 20.1. The van der Waals surface area contributed by atoms with Gasteiger partial charge in [0.25, 0.3) is 0 Å². The second-order valence-electron chi connectivity index (χ2n) is 9.05. The highest BCUT2D eigenvalue weighted by atomic mass is 16.5. The number of rotatable bonds is 22. The molecule has 0 aromatic heterocycles. The Kier molecular flexibility index (Phi) is 17.9. The molecule has 0 radical (unpaired) electrons. The van der Waals surface area contributed by atoms with Crippen molar-refractivity contribution < 1.29 is 14.6 Å². The molecule has 3 nitrogen and oxygen atoms in total. The molecule has 0 aliphatic carbocycles. The molecule has 0 amide bonds. The molecular weight excluding hydrogens is 348 g/mol. The van der Waals surface area contributed by atoms with E-state index in [1.54, 1.807) is 0 Å². The van der Waals surface area contributed by atoms with Crippen LogP contribution in [0.3, 0.4) is 0 Å². The number of hydrogen-bond donors (Lipinski definition) is 1. The van der Waals surface area contributed by atoms with Gasteiger partial charge in [0.05, 0.1) is 13.2 Å². The first-order valence-corrected chi connectivity index (χ1v) is 12.6. The van der Waals surface area contributed by atoms with Crippen molar-refractivity contribution in [3.8, 4) is 0 Å². The van der Waals surface area contributed by atoms with Crippen molar-refractivity contribution in [2.45, 2.75) is 135 Å². The van der Waals surface area contributed by atoms with E-state index in [0.29, 0.717) is 6.42 Å². The van der Waals surface area contributed by atoms with Gasteiger partial charge in [0.2, 0.25) is 0 Å². The van der Waals surface area contributed by atoms with Crippen LogP contribution >= 0.6 is 0 Å². The number of carboxylic acid groups (broad SMARTS) is 1. The number of carboxylic acids is 1. The van der Waals surface area contributed by atoms with E-state index in [1.807, 2.05) is 0 Å². The highest BCUT2D eigenvalue weighted by Crippen LogP contribution is 2.19. The lowest BCUT2D eigenvalue weighted by Crippen LogP contribution is -2.27. The average Bonchev–Trinajstić information content (AvgIpc) is 2.64. The molecule has 1 aliphatic heterocycles. The van der Waals surface area contributed by atoms with Gasteiger partial charge in [0.1, 0.15) is 0 Å². The maximum atomic E-state index is 10.4. The van der Waals surface area contributed by atoms with Crippen molar-refractivity contribution in [1.29, 1.82) is 0 Å². The third-order valence-corrected chi connectivity index (χ3v) is 6.21. The number of ether oxygens (including phenoxy) is 1. The van der Waals surface area contributed by atoms with Crippen molar-refractivity contribution in [2.75, 3.05) is 13.2 Å². The summed E-state index contributed by atoms with van der Waals surface area (Å²) in [5.41, 5.74) is 0. The molecule has 1 heterocycles. The van der Waals surface area contributed by atoms with Gasteiger partial charge < -0.3 is 9.84 Å². The fourth-order valence-electron chi connectivity index (χ4n) is 4.17. The molecule has 1 rings (SSSR count). The summed E-state index contributed by atoms with van der Waals surface area (Å²) in [5, 5.41) is 8.58. The van der Waals surface area contributed by atoms with E-state index in [1.165, 1.54) is 116 Å². The van der Waals surface area contributed by atoms with E-state index in [-0.39, 0.29) is 0 Å². The second kappa shape index (κ2) is 19.7. The Morgan fingerprint density at radius 2 is 0.893 bits per heavy atom. The third kappa shape index (κ3) is 17.5. The molecule has 0 aromatic carbocycles. The summed E-state index contributed by atoms with van der Waals surface area (Å²) in [6.45, 7) is 2.05. The lowest BCUT2D eigenvalue weighted by atomic mass is 9.98. The minimum atomic E-state index is -0.652. The Labute approximate surface area is 175 Å². The van der Waals surface area contributed by atoms with Gasteiger partial charge in [-0.05, 0) is 12.8 Å². The van der Waals surface area contributed by atoms with Crippen LogP contribution in [0.2, 0.25) is 0 Å². The molecule has 0 atom stereocenters. The third-order valence-electron chi connectivity index (χ3n) is 6.21. The second-order valence-corrected chi connectivity index (χ2v) is 9.05. The smallest absolute Gasteiger partial charge is 0.303 e. The molecule has 0 bridgehead atoms. The molecule has 1 aliphatic rings. The summed E-state index contributed by atoms with van der Waals surface area (Å²) in [4.78, 5) is 10.4. The average molecular weight is 397 g/mol. The van der Waals surface area contributed by atoms with E-state index in [0.717, 1.165) is 32.0 Å². The highest BCUT2D eigenvalue weighted by Gasteiger charge is 2.16. The maximum absolute atomic E-state index is 10.4. The minimum Gasteiger partial charge on any atom is -0.481 e. The fourth-order valence-corrected chi connectivity index (χ4v) is 4.17. The zero-order valence-electron chi connectivity index (χ0n) is 18.6. The van der Waals surface area contributed by atoms with Crippen LogP contribution in [0.4, 0.5) is 0 Å². The molecule has 1 fully saturated rings. The van der Waals surface area contributed by atoms with Crippen LogP contribution < -0.4 is 0 Å². The molecule has 0 unspecified atom stereocenters. The Hall–Kier alpha value is -0.570. The monoisotopic (exact) mass is 396 g/mol. The lowest BCUT2D eigenvalue weighted by Gasteiger charge is -2.25. The lowest BCUT2D eigenvalue weighted by molar-refractivity contribution is -0.137. The summed E-state index contributed by atoms with van der Waals surface area (Å²) in [7, 11) is 0. The van der Waals surface area contributed by atoms with Gasteiger partial charge in [-0.15, -0.1) is 0 Å². The van der Waals surface area contributed by atoms with Gasteiger partial charge in [0.15, 0.2) is 0 Å². The zero-order valence-corrected chi connectivity index (χ0v) is 18.6. The Bertz CT molecular complexity index is 339. The minimum absolute atomic E-state index is 0.344. The largest absolute Gasteiger partial charge is 0.481 e. The quantitative estimate of drug-likeness (QED) is 0.189. The van der Waals surface area contributed by atoms with Crippen molar-refractivity contribution >= 4 is 5.97 Å². The van der Waals surface area contributed by atoms with Gasteiger partial charge in [-0.25, -0.2) is 0 Å². The van der Waals surface area contributed by atoms with Crippen LogP contribution in [0.5, 0.6) is 0 Å². The van der Waals surface area contributed by atoms with Gasteiger partial charge in [-0.3, -0.25) is 4.79 Å². The first kappa shape index (κ1) is 25.5. The highest BCUT2D eigenvalue weighted by molar-refractivity contribution is 5.66. The van der Waals surface area contributed by atoms with Crippen LogP contribution in [0.1, 0.15) is 135 Å². The van der Waals surface area contributed by atoms with Gasteiger partial charge in [-0.2, -0.15) is 0 Å². The summed E-state index contributed by atoms with van der Waals surface area (Å²) < 4.78 is 5.22. The summed E-state index contributed by atoms with van der Waals surface area (Å²) in [6.07, 6.45) is 27.5. The van der Waals surface area contributed by atoms with E-state index in [4.69, 9.17) is 9.84 Å². The van der Waals surface area contributed by atoms with Gasteiger partial charge in [-0.1, -0.05) is 116 Å². The number of unbranched alkanes of at least 4 members (excludes halogenated alkanes) is 18. The van der Waals surface area contributed by atoms with Crippen LogP contribution in [0.15, 0.2) is 0 Å². The SMILES string of the molecule is O=C(O)CCCCCCCCCCCCCCCCCCCCCC1COC1. The van der Waals surface area contributed by atoms with Gasteiger partial charge in [0, 0.05) is 12.3 Å². The summed E-state index contributed by atoms with van der Waals surface area (Å²) in [6, 6.07) is 0. The Balaban J connectivity index is 1.61. The number of hydrogen-bond acceptors (Lipinski definition) is 2. The summed E-state index contributed by atoms with van der Waals surface area (Å²) >= 11 is 0. The van der Waals surface area contributed by atoms with Crippen molar-refractivity contribution in [3.05, 3.63) is 0 Å². The van der Waals surface area contributed by atoms with Crippen molar-refractivity contribution in [2.24, 2.45) is 5.92 Å². The molecule has 0 spiro atoms. The van der Waals surface area contributed by atoms with E-state index in [9.17, 15) is 4.79 Å². The van der Waals surface area contributed by atoms with Crippen LogP contribution in [0, 0.1) is 5.92 Å². The predicted molar refractivity (Wildman–Crippen MR) is 119 cm³/mol. The Morgan fingerprint density at radius 3 is 1.18 bits per heavy atom. The molecule has 0 aromatic rings. The topological polar surface area (TPSA) is 46.5 Å². The van der Waals surface area contributed by atoms with E-state index >= 15 is 0 Å².